The Morgan fingerprint density at radius 3 is 2.36 bits per heavy atom. The zero-order chi connectivity index (χ0) is 10.9. The van der Waals surface area contributed by atoms with Crippen molar-refractivity contribution in [3.05, 3.63) is 0 Å². The Morgan fingerprint density at radius 2 is 1.79 bits per heavy atom. The van der Waals surface area contributed by atoms with Crippen molar-refractivity contribution in [2.45, 2.75) is 32.6 Å². The molecule has 0 radical (unpaired) electrons. The fraction of sp³-hybridized carbons (Fsp3) is 1.00. The van der Waals surface area contributed by atoms with Crippen LogP contribution in [0, 0.1) is 0 Å². The Bertz CT molecular complexity index is 215. The quantitative estimate of drug-likeness (QED) is 0.565. The van der Waals surface area contributed by atoms with Crippen molar-refractivity contribution in [3.8, 4) is 0 Å². The topological polar surface area (TPSA) is 58.2 Å². The van der Waals surface area contributed by atoms with Crippen LogP contribution in [0.2, 0.25) is 0 Å². The summed E-state index contributed by atoms with van der Waals surface area (Å²) in [6.45, 7) is 3.42. The predicted molar refractivity (Wildman–Crippen MR) is 59.9 cm³/mol. The van der Waals surface area contributed by atoms with Gasteiger partial charge in [-0.1, -0.05) is 19.8 Å². The molecule has 0 unspecified atom stereocenters. The van der Waals surface area contributed by atoms with Gasteiger partial charge in [0.2, 0.25) is 10.0 Å². The van der Waals surface area contributed by atoms with Crippen LogP contribution in [-0.4, -0.2) is 34.3 Å². The van der Waals surface area contributed by atoms with Crippen LogP contribution in [0.25, 0.3) is 0 Å². The molecule has 0 amide bonds. The summed E-state index contributed by atoms with van der Waals surface area (Å²) in [6.07, 6.45) is 3.79. The van der Waals surface area contributed by atoms with Crippen molar-refractivity contribution in [1.29, 1.82) is 0 Å². The van der Waals surface area contributed by atoms with Crippen LogP contribution in [0.1, 0.15) is 32.6 Å². The van der Waals surface area contributed by atoms with E-state index in [-0.39, 0.29) is 5.75 Å². The average Bonchev–Trinajstić information content (AvgIpc) is 2.13. The predicted octanol–water partition coefficient (Wildman–Crippen LogP) is 0.706. The van der Waals surface area contributed by atoms with E-state index in [0.717, 1.165) is 25.8 Å². The van der Waals surface area contributed by atoms with E-state index in [4.69, 9.17) is 0 Å². The smallest absolute Gasteiger partial charge is 0.211 e. The minimum atomic E-state index is -3.02. The minimum absolute atomic E-state index is 0.222. The summed E-state index contributed by atoms with van der Waals surface area (Å²) in [7, 11) is -1.20. The van der Waals surface area contributed by atoms with Crippen molar-refractivity contribution < 1.29 is 8.42 Å². The SMILES string of the molecule is CCCCCNS(=O)(=O)CCCNC. The number of hydrogen-bond acceptors (Lipinski definition) is 3. The fourth-order valence-electron chi connectivity index (χ4n) is 1.11. The number of rotatable bonds is 9. The van der Waals surface area contributed by atoms with E-state index in [2.05, 4.69) is 17.0 Å². The zero-order valence-electron chi connectivity index (χ0n) is 9.17. The van der Waals surface area contributed by atoms with Gasteiger partial charge in [0, 0.05) is 6.54 Å². The van der Waals surface area contributed by atoms with E-state index in [0.29, 0.717) is 13.0 Å². The van der Waals surface area contributed by atoms with E-state index in [1.165, 1.54) is 0 Å². The highest BCUT2D eigenvalue weighted by Crippen LogP contribution is 1.94. The molecule has 0 rings (SSSR count). The van der Waals surface area contributed by atoms with Crippen molar-refractivity contribution in [3.63, 3.8) is 0 Å². The molecule has 0 aromatic carbocycles. The number of sulfonamides is 1. The van der Waals surface area contributed by atoms with Crippen LogP contribution >= 0.6 is 0 Å². The minimum Gasteiger partial charge on any atom is -0.320 e. The summed E-state index contributed by atoms with van der Waals surface area (Å²) >= 11 is 0. The summed E-state index contributed by atoms with van der Waals surface area (Å²) in [6, 6.07) is 0. The maximum absolute atomic E-state index is 11.3. The van der Waals surface area contributed by atoms with Gasteiger partial charge in [-0.25, -0.2) is 13.1 Å². The summed E-state index contributed by atoms with van der Waals surface area (Å²) in [5.74, 6) is 0.222. The molecule has 0 spiro atoms. The molecule has 0 atom stereocenters. The maximum Gasteiger partial charge on any atom is 0.211 e. The lowest BCUT2D eigenvalue weighted by Crippen LogP contribution is -2.28. The van der Waals surface area contributed by atoms with E-state index >= 15 is 0 Å². The number of hydrogen-bond donors (Lipinski definition) is 2. The third-order valence-corrected chi connectivity index (χ3v) is 3.41. The van der Waals surface area contributed by atoms with Crippen LogP contribution in [0.15, 0.2) is 0 Å². The highest BCUT2D eigenvalue weighted by molar-refractivity contribution is 7.89. The lowest BCUT2D eigenvalue weighted by atomic mass is 10.3. The van der Waals surface area contributed by atoms with E-state index in [9.17, 15) is 8.42 Å². The van der Waals surface area contributed by atoms with Gasteiger partial charge in [-0.15, -0.1) is 0 Å². The molecular weight excluding hydrogens is 200 g/mol. The molecular formula is C9H22N2O2S. The van der Waals surface area contributed by atoms with Gasteiger partial charge in [-0.2, -0.15) is 0 Å². The first-order valence-corrected chi connectivity index (χ1v) is 6.89. The van der Waals surface area contributed by atoms with Gasteiger partial charge >= 0.3 is 0 Å². The fourth-order valence-corrected chi connectivity index (χ4v) is 2.24. The summed E-state index contributed by atoms with van der Waals surface area (Å²) in [5, 5.41) is 2.92. The van der Waals surface area contributed by atoms with Crippen LogP contribution < -0.4 is 10.0 Å². The zero-order valence-corrected chi connectivity index (χ0v) is 9.99. The third-order valence-electron chi connectivity index (χ3n) is 1.94. The molecule has 0 bridgehead atoms. The van der Waals surface area contributed by atoms with Gasteiger partial charge in [0.15, 0.2) is 0 Å². The molecule has 0 saturated heterocycles. The standard InChI is InChI=1S/C9H22N2O2S/c1-3-4-5-8-11-14(12,13)9-6-7-10-2/h10-11H,3-9H2,1-2H3. The Balaban J connectivity index is 3.52. The van der Waals surface area contributed by atoms with Crippen molar-refractivity contribution >= 4 is 10.0 Å². The second kappa shape index (κ2) is 8.20. The molecule has 0 saturated carbocycles. The molecule has 0 aliphatic heterocycles. The van der Waals surface area contributed by atoms with Gasteiger partial charge in [0.25, 0.3) is 0 Å². The van der Waals surface area contributed by atoms with Gasteiger partial charge in [0.05, 0.1) is 5.75 Å². The maximum atomic E-state index is 11.3. The average molecular weight is 222 g/mol. The lowest BCUT2D eigenvalue weighted by Gasteiger charge is -2.05. The molecule has 0 fully saturated rings. The molecule has 0 aromatic rings. The van der Waals surface area contributed by atoms with E-state index in [1.807, 2.05) is 7.05 Å². The normalized spacial score (nSPS) is 11.9. The summed E-state index contributed by atoms with van der Waals surface area (Å²) < 4.78 is 25.3. The van der Waals surface area contributed by atoms with Gasteiger partial charge in [-0.05, 0) is 26.4 Å². The monoisotopic (exact) mass is 222 g/mol. The van der Waals surface area contributed by atoms with E-state index in [1.54, 1.807) is 0 Å². The summed E-state index contributed by atoms with van der Waals surface area (Å²) in [4.78, 5) is 0. The van der Waals surface area contributed by atoms with Crippen molar-refractivity contribution in [2.24, 2.45) is 0 Å². The lowest BCUT2D eigenvalue weighted by molar-refractivity contribution is 0.572. The Kier molecular flexibility index (Phi) is 8.12. The second-order valence-electron chi connectivity index (χ2n) is 3.38. The Hall–Kier alpha value is -0.130. The third kappa shape index (κ3) is 8.47. The van der Waals surface area contributed by atoms with Crippen LogP contribution in [0.5, 0.6) is 0 Å². The van der Waals surface area contributed by atoms with Gasteiger partial charge < -0.3 is 5.32 Å². The van der Waals surface area contributed by atoms with Crippen LogP contribution in [0.4, 0.5) is 0 Å². The highest BCUT2D eigenvalue weighted by Gasteiger charge is 2.07. The summed E-state index contributed by atoms with van der Waals surface area (Å²) in [5.41, 5.74) is 0. The van der Waals surface area contributed by atoms with Crippen LogP contribution in [-0.2, 0) is 10.0 Å². The largest absolute Gasteiger partial charge is 0.320 e. The molecule has 0 aliphatic rings. The first-order valence-electron chi connectivity index (χ1n) is 5.24. The molecule has 5 heteroatoms. The van der Waals surface area contributed by atoms with Gasteiger partial charge in [0.1, 0.15) is 0 Å². The number of nitrogens with one attached hydrogen (secondary N) is 2. The van der Waals surface area contributed by atoms with Crippen LogP contribution in [0.3, 0.4) is 0 Å². The van der Waals surface area contributed by atoms with Crippen molar-refractivity contribution in [1.82, 2.24) is 10.0 Å². The molecule has 0 heterocycles. The molecule has 0 aliphatic carbocycles. The molecule has 0 aromatic heterocycles. The second-order valence-corrected chi connectivity index (χ2v) is 5.30. The first-order chi connectivity index (χ1) is 6.62. The molecule has 4 nitrogen and oxygen atoms in total. The molecule has 86 valence electrons. The highest BCUT2D eigenvalue weighted by atomic mass is 32.2. The van der Waals surface area contributed by atoms with Gasteiger partial charge in [-0.3, -0.25) is 0 Å². The Labute approximate surface area is 87.5 Å². The molecule has 2 N–H and O–H groups in total. The first kappa shape index (κ1) is 13.9. The molecule has 14 heavy (non-hydrogen) atoms. The van der Waals surface area contributed by atoms with Crippen molar-refractivity contribution in [2.75, 3.05) is 25.9 Å². The Morgan fingerprint density at radius 1 is 1.07 bits per heavy atom. The number of unbranched alkanes of at least 4 members (excludes halogenated alkanes) is 2. The van der Waals surface area contributed by atoms with E-state index < -0.39 is 10.0 Å².